The highest BCUT2D eigenvalue weighted by atomic mass is 16.5. The first-order valence-electron chi connectivity index (χ1n) is 10.8. The van der Waals surface area contributed by atoms with Crippen molar-refractivity contribution in [3.05, 3.63) is 82.4 Å². The van der Waals surface area contributed by atoms with Crippen LogP contribution >= 0.6 is 0 Å². The molecule has 0 bridgehead atoms. The van der Waals surface area contributed by atoms with Crippen molar-refractivity contribution in [1.82, 2.24) is 14.5 Å². The van der Waals surface area contributed by atoms with E-state index >= 15 is 0 Å². The molecule has 0 aliphatic rings. The number of ketones is 1. The van der Waals surface area contributed by atoms with E-state index in [1.54, 1.807) is 82.2 Å². The van der Waals surface area contributed by atoms with Crippen molar-refractivity contribution in [2.24, 2.45) is 7.05 Å². The molecule has 8 nitrogen and oxygen atoms in total. The number of esters is 1. The van der Waals surface area contributed by atoms with Crippen molar-refractivity contribution in [3.63, 3.8) is 0 Å². The third-order valence-corrected chi connectivity index (χ3v) is 6.08. The number of methoxy groups -OCH3 is 2. The van der Waals surface area contributed by atoms with Crippen LogP contribution in [0, 0.1) is 13.8 Å². The van der Waals surface area contributed by atoms with Gasteiger partial charge in [-0.3, -0.25) is 14.6 Å². The van der Waals surface area contributed by atoms with Gasteiger partial charge in [-0.2, -0.15) is 0 Å². The first kappa shape index (κ1) is 24.7. The summed E-state index contributed by atoms with van der Waals surface area (Å²) in [5.74, 6) is -0.444. The molecule has 1 aromatic carbocycles. The molecule has 3 rings (SSSR count). The number of nitrogens with zero attached hydrogens (tertiary/aromatic N) is 3. The molecule has 2 heterocycles. The number of ether oxygens (including phenoxy) is 2. The fourth-order valence-corrected chi connectivity index (χ4v) is 4.05. The number of hydrogen-bond acceptors (Lipinski definition) is 6. The number of pyridine rings is 1. The van der Waals surface area contributed by atoms with Gasteiger partial charge < -0.3 is 18.9 Å². The first-order valence-corrected chi connectivity index (χ1v) is 10.8. The third-order valence-electron chi connectivity index (χ3n) is 6.08. The lowest BCUT2D eigenvalue weighted by molar-refractivity contribution is 0.0587. The standard InChI is InChI=1S/C26H29N3O5/c1-16-22(17(2)28(4)23(16)26(32)34-6)24(30)18(3)29(15-19-8-7-13-27-14-19)25(31)20-9-11-21(33-5)12-10-20/h7-14,18H,15H2,1-6H3. The van der Waals surface area contributed by atoms with E-state index in [4.69, 9.17) is 9.47 Å². The summed E-state index contributed by atoms with van der Waals surface area (Å²) < 4.78 is 11.7. The van der Waals surface area contributed by atoms with Gasteiger partial charge in [0.1, 0.15) is 11.4 Å². The van der Waals surface area contributed by atoms with E-state index in [0.717, 1.165) is 5.56 Å². The maximum Gasteiger partial charge on any atom is 0.354 e. The van der Waals surface area contributed by atoms with Crippen LogP contribution in [0.5, 0.6) is 5.75 Å². The molecule has 0 radical (unpaired) electrons. The second kappa shape index (κ2) is 10.3. The Labute approximate surface area is 199 Å². The van der Waals surface area contributed by atoms with Gasteiger partial charge in [-0.05, 0) is 62.2 Å². The zero-order valence-electron chi connectivity index (χ0n) is 20.3. The maximum absolute atomic E-state index is 13.7. The SMILES string of the molecule is COC(=O)c1c(C)c(C(=O)C(C)N(Cc2cccnc2)C(=O)c2ccc(OC)cc2)c(C)n1C. The van der Waals surface area contributed by atoms with E-state index in [1.165, 1.54) is 12.0 Å². The van der Waals surface area contributed by atoms with Crippen LogP contribution in [0.3, 0.4) is 0 Å². The van der Waals surface area contributed by atoms with Crippen LogP contribution in [-0.4, -0.2) is 52.4 Å². The minimum Gasteiger partial charge on any atom is -0.497 e. The van der Waals surface area contributed by atoms with E-state index in [-0.39, 0.29) is 18.2 Å². The lowest BCUT2D eigenvalue weighted by Gasteiger charge is -2.29. The molecule has 0 saturated heterocycles. The second-order valence-corrected chi connectivity index (χ2v) is 8.05. The minimum absolute atomic E-state index is 0.195. The fourth-order valence-electron chi connectivity index (χ4n) is 4.05. The van der Waals surface area contributed by atoms with Gasteiger partial charge >= 0.3 is 5.97 Å². The smallest absolute Gasteiger partial charge is 0.354 e. The van der Waals surface area contributed by atoms with E-state index in [9.17, 15) is 14.4 Å². The van der Waals surface area contributed by atoms with Gasteiger partial charge in [0.25, 0.3) is 5.91 Å². The Kier molecular flexibility index (Phi) is 7.50. The predicted octanol–water partition coefficient (Wildman–Crippen LogP) is 3.75. The second-order valence-electron chi connectivity index (χ2n) is 8.05. The van der Waals surface area contributed by atoms with Gasteiger partial charge in [0.2, 0.25) is 0 Å². The minimum atomic E-state index is -0.805. The normalized spacial score (nSPS) is 11.6. The van der Waals surface area contributed by atoms with Crippen molar-refractivity contribution >= 4 is 17.7 Å². The average Bonchev–Trinajstić information content (AvgIpc) is 3.09. The van der Waals surface area contributed by atoms with Gasteiger partial charge in [-0.25, -0.2) is 4.79 Å². The number of rotatable bonds is 8. The lowest BCUT2D eigenvalue weighted by atomic mass is 9.98. The molecule has 1 amide bonds. The Morgan fingerprint density at radius 3 is 2.32 bits per heavy atom. The predicted molar refractivity (Wildman–Crippen MR) is 127 cm³/mol. The van der Waals surface area contributed by atoms with Crippen LogP contribution < -0.4 is 4.74 Å². The van der Waals surface area contributed by atoms with Gasteiger partial charge in [0, 0.05) is 42.8 Å². The van der Waals surface area contributed by atoms with Crippen LogP contribution in [0.1, 0.15) is 54.9 Å². The highest BCUT2D eigenvalue weighted by Gasteiger charge is 2.33. The summed E-state index contributed by atoms with van der Waals surface area (Å²) in [6, 6.07) is 9.58. The molecular weight excluding hydrogens is 434 g/mol. The van der Waals surface area contributed by atoms with Crippen molar-refractivity contribution in [2.75, 3.05) is 14.2 Å². The number of carbonyl (C=O) groups is 3. The Morgan fingerprint density at radius 1 is 1.09 bits per heavy atom. The van der Waals surface area contributed by atoms with E-state index in [2.05, 4.69) is 4.98 Å². The van der Waals surface area contributed by atoms with Crippen molar-refractivity contribution in [1.29, 1.82) is 0 Å². The van der Waals surface area contributed by atoms with Crippen LogP contribution in [0.4, 0.5) is 0 Å². The van der Waals surface area contributed by atoms with Crippen molar-refractivity contribution in [2.45, 2.75) is 33.4 Å². The molecule has 0 fully saturated rings. The number of carbonyl (C=O) groups excluding carboxylic acids is 3. The van der Waals surface area contributed by atoms with Gasteiger partial charge in [0.05, 0.1) is 20.3 Å². The average molecular weight is 464 g/mol. The Balaban J connectivity index is 2.03. The summed E-state index contributed by atoms with van der Waals surface area (Å²) >= 11 is 0. The quantitative estimate of drug-likeness (QED) is 0.373. The Bertz CT molecular complexity index is 1200. The molecule has 34 heavy (non-hydrogen) atoms. The number of amides is 1. The highest BCUT2D eigenvalue weighted by molar-refractivity contribution is 6.07. The fraction of sp³-hybridized carbons (Fsp3) is 0.308. The number of aromatic nitrogens is 2. The monoisotopic (exact) mass is 463 g/mol. The molecule has 178 valence electrons. The topological polar surface area (TPSA) is 90.7 Å². The van der Waals surface area contributed by atoms with Crippen molar-refractivity contribution in [3.8, 4) is 5.75 Å². The summed E-state index contributed by atoms with van der Waals surface area (Å²) in [6.45, 7) is 5.39. The van der Waals surface area contributed by atoms with Gasteiger partial charge in [0.15, 0.2) is 5.78 Å². The molecule has 1 atom stereocenters. The molecular formula is C26H29N3O5. The Morgan fingerprint density at radius 2 is 1.76 bits per heavy atom. The molecule has 0 spiro atoms. The zero-order valence-corrected chi connectivity index (χ0v) is 20.3. The number of hydrogen-bond donors (Lipinski definition) is 0. The van der Waals surface area contributed by atoms with E-state index in [1.807, 2.05) is 6.07 Å². The molecule has 1 unspecified atom stereocenters. The maximum atomic E-state index is 13.7. The van der Waals surface area contributed by atoms with Gasteiger partial charge in [-0.15, -0.1) is 0 Å². The zero-order chi connectivity index (χ0) is 25.0. The third kappa shape index (κ3) is 4.71. The molecule has 0 N–H and O–H groups in total. The van der Waals surface area contributed by atoms with Crippen LogP contribution in [0.25, 0.3) is 0 Å². The molecule has 0 saturated carbocycles. The summed E-state index contributed by atoms with van der Waals surface area (Å²) in [5.41, 5.74) is 3.11. The van der Waals surface area contributed by atoms with Crippen molar-refractivity contribution < 1.29 is 23.9 Å². The number of benzene rings is 1. The molecule has 2 aromatic heterocycles. The first-order chi connectivity index (χ1) is 16.2. The molecule has 8 heteroatoms. The molecule has 0 aliphatic heterocycles. The van der Waals surface area contributed by atoms with Gasteiger partial charge in [-0.1, -0.05) is 6.07 Å². The number of Topliss-reactive ketones (excluding diaryl/α,β-unsaturated/α-hetero) is 1. The summed E-state index contributed by atoms with van der Waals surface area (Å²) in [5, 5.41) is 0. The Hall–Kier alpha value is -3.94. The summed E-state index contributed by atoms with van der Waals surface area (Å²) in [6.07, 6.45) is 3.32. The molecule has 0 aliphatic carbocycles. The van der Waals surface area contributed by atoms with Crippen LogP contribution in [-0.2, 0) is 18.3 Å². The highest BCUT2D eigenvalue weighted by Crippen LogP contribution is 2.26. The largest absolute Gasteiger partial charge is 0.497 e. The van der Waals surface area contributed by atoms with E-state index in [0.29, 0.717) is 33.8 Å². The van der Waals surface area contributed by atoms with Crippen LogP contribution in [0.15, 0.2) is 48.8 Å². The summed E-state index contributed by atoms with van der Waals surface area (Å²) in [4.78, 5) is 45.2. The molecule has 3 aromatic rings. The lowest BCUT2D eigenvalue weighted by Crippen LogP contribution is -2.43. The van der Waals surface area contributed by atoms with Crippen LogP contribution in [0.2, 0.25) is 0 Å². The van der Waals surface area contributed by atoms with E-state index < -0.39 is 12.0 Å². The summed E-state index contributed by atoms with van der Waals surface area (Å²) in [7, 11) is 4.57.